The van der Waals surface area contributed by atoms with Gasteiger partial charge < -0.3 is 14.7 Å². The van der Waals surface area contributed by atoms with E-state index >= 15 is 0 Å². The Hall–Kier alpha value is -2.86. The van der Waals surface area contributed by atoms with Gasteiger partial charge in [0, 0.05) is 32.7 Å². The summed E-state index contributed by atoms with van der Waals surface area (Å²) in [6, 6.07) is 16.0. The summed E-state index contributed by atoms with van der Waals surface area (Å²) >= 11 is 0. The van der Waals surface area contributed by atoms with Crippen molar-refractivity contribution in [1.29, 1.82) is 0 Å². The molecular weight excluding hydrogens is 344 g/mol. The van der Waals surface area contributed by atoms with E-state index in [0.717, 1.165) is 19.6 Å². The molecule has 1 heterocycles. The summed E-state index contributed by atoms with van der Waals surface area (Å²) in [5.41, 5.74) is 1.56. The van der Waals surface area contributed by atoms with Crippen LogP contribution < -0.4 is 0 Å². The Balaban J connectivity index is 1.48. The highest BCUT2D eigenvalue weighted by Gasteiger charge is 2.27. The van der Waals surface area contributed by atoms with Gasteiger partial charge in [-0.05, 0) is 36.8 Å². The Morgan fingerprint density at radius 3 is 2.26 bits per heavy atom. The first-order valence-electron chi connectivity index (χ1n) is 9.08. The van der Waals surface area contributed by atoms with Crippen LogP contribution in [0, 0.1) is 0 Å². The molecule has 1 N–H and O–H groups in total. The van der Waals surface area contributed by atoms with Gasteiger partial charge in [0.25, 0.3) is 5.91 Å². The lowest BCUT2D eigenvalue weighted by Crippen LogP contribution is -2.51. The fourth-order valence-electron chi connectivity index (χ4n) is 3.10. The van der Waals surface area contributed by atoms with E-state index in [1.165, 1.54) is 29.8 Å². The summed E-state index contributed by atoms with van der Waals surface area (Å²) in [4.78, 5) is 28.8. The minimum atomic E-state index is -0.841. The molecule has 142 valence electrons. The molecule has 1 aliphatic heterocycles. The summed E-state index contributed by atoms with van der Waals surface area (Å²) in [5, 5.41) is 9.28. The van der Waals surface area contributed by atoms with E-state index in [9.17, 15) is 14.7 Å². The zero-order valence-electron chi connectivity index (χ0n) is 15.4. The van der Waals surface area contributed by atoms with Crippen molar-refractivity contribution in [2.45, 2.75) is 19.6 Å². The van der Waals surface area contributed by atoms with Crippen molar-refractivity contribution in [2.24, 2.45) is 0 Å². The topological polar surface area (TPSA) is 70.1 Å². The predicted molar refractivity (Wildman–Crippen MR) is 101 cm³/mol. The number of hydrogen-bond donors (Lipinski definition) is 1. The molecular formula is C21H24N2O4. The summed E-state index contributed by atoms with van der Waals surface area (Å²) in [7, 11) is 0. The summed E-state index contributed by atoms with van der Waals surface area (Å²) in [6.07, 6.45) is -0.841. The van der Waals surface area contributed by atoms with Gasteiger partial charge in [0.1, 0.15) is 5.75 Å². The van der Waals surface area contributed by atoms with Crippen molar-refractivity contribution in [1.82, 2.24) is 9.80 Å². The zero-order valence-corrected chi connectivity index (χ0v) is 15.4. The van der Waals surface area contributed by atoms with Crippen LogP contribution in [0.2, 0.25) is 0 Å². The molecule has 3 rings (SSSR count). The third-order valence-electron chi connectivity index (χ3n) is 4.67. The molecule has 0 saturated carbocycles. The molecule has 6 heteroatoms. The lowest BCUT2D eigenvalue weighted by Gasteiger charge is -2.35. The van der Waals surface area contributed by atoms with Crippen LogP contribution >= 0.6 is 0 Å². The molecule has 1 fully saturated rings. The van der Waals surface area contributed by atoms with Crippen LogP contribution in [0.4, 0.5) is 0 Å². The van der Waals surface area contributed by atoms with Crippen molar-refractivity contribution in [3.63, 3.8) is 0 Å². The molecule has 1 amide bonds. The zero-order chi connectivity index (χ0) is 19.2. The number of esters is 1. The molecule has 1 saturated heterocycles. The molecule has 6 nitrogen and oxygen atoms in total. The fourth-order valence-corrected chi connectivity index (χ4v) is 3.10. The van der Waals surface area contributed by atoms with Gasteiger partial charge in [0.05, 0.1) is 5.56 Å². The second kappa shape index (κ2) is 8.68. The summed E-state index contributed by atoms with van der Waals surface area (Å²) < 4.78 is 5.29. The van der Waals surface area contributed by atoms with Crippen LogP contribution in [0.3, 0.4) is 0 Å². The average molecular weight is 368 g/mol. The molecule has 27 heavy (non-hydrogen) atoms. The third-order valence-corrected chi connectivity index (χ3v) is 4.67. The van der Waals surface area contributed by atoms with E-state index in [1.807, 2.05) is 18.2 Å². The maximum Gasteiger partial charge on any atom is 0.338 e. The Morgan fingerprint density at radius 2 is 1.63 bits per heavy atom. The molecule has 2 aromatic rings. The van der Waals surface area contributed by atoms with Crippen molar-refractivity contribution in [2.75, 3.05) is 26.2 Å². The highest BCUT2D eigenvalue weighted by molar-refractivity contribution is 5.92. The van der Waals surface area contributed by atoms with Crippen molar-refractivity contribution in [3.05, 3.63) is 65.7 Å². The minimum absolute atomic E-state index is 0.0732. The number of carbonyl (C=O) groups excluding carboxylic acids is 2. The summed E-state index contributed by atoms with van der Waals surface area (Å²) in [6.45, 7) is 5.28. The number of phenolic OH excluding ortho intramolecular Hbond substituents is 1. The second-order valence-electron chi connectivity index (χ2n) is 6.68. The molecule has 0 spiro atoms. The quantitative estimate of drug-likeness (QED) is 0.820. The van der Waals surface area contributed by atoms with E-state index in [-0.39, 0.29) is 11.7 Å². The van der Waals surface area contributed by atoms with Crippen molar-refractivity contribution < 1.29 is 19.4 Å². The SMILES string of the molecule is CC(OC(=O)c1ccc(O)cc1)C(=O)N1CCN(Cc2ccccc2)CC1. The van der Waals surface area contributed by atoms with Crippen LogP contribution in [-0.4, -0.2) is 59.1 Å². The number of amides is 1. The van der Waals surface area contributed by atoms with E-state index in [2.05, 4.69) is 17.0 Å². The molecule has 1 unspecified atom stereocenters. The monoisotopic (exact) mass is 368 g/mol. The maximum atomic E-state index is 12.6. The molecule has 0 radical (unpaired) electrons. The highest BCUT2D eigenvalue weighted by atomic mass is 16.5. The standard InChI is InChI=1S/C21H24N2O4/c1-16(27-21(26)18-7-9-19(24)10-8-18)20(25)23-13-11-22(12-14-23)15-17-5-3-2-4-6-17/h2-10,16,24H,11-15H2,1H3. The lowest BCUT2D eigenvalue weighted by atomic mass is 10.2. The molecule has 2 aromatic carbocycles. The van der Waals surface area contributed by atoms with Gasteiger partial charge in [-0.1, -0.05) is 30.3 Å². The van der Waals surface area contributed by atoms with Crippen LogP contribution in [0.5, 0.6) is 5.75 Å². The largest absolute Gasteiger partial charge is 0.508 e. The number of benzene rings is 2. The number of rotatable bonds is 5. The fraction of sp³-hybridized carbons (Fsp3) is 0.333. The van der Waals surface area contributed by atoms with Gasteiger partial charge in [0.2, 0.25) is 0 Å². The van der Waals surface area contributed by atoms with E-state index in [1.54, 1.807) is 11.8 Å². The number of aromatic hydroxyl groups is 1. The van der Waals surface area contributed by atoms with Crippen molar-refractivity contribution in [3.8, 4) is 5.75 Å². The van der Waals surface area contributed by atoms with E-state index in [4.69, 9.17) is 4.74 Å². The highest BCUT2D eigenvalue weighted by Crippen LogP contribution is 2.13. The first-order chi connectivity index (χ1) is 13.0. The van der Waals surface area contributed by atoms with Gasteiger partial charge in [-0.25, -0.2) is 4.79 Å². The number of phenols is 1. The molecule has 1 atom stereocenters. The Morgan fingerprint density at radius 1 is 1.00 bits per heavy atom. The number of ether oxygens (including phenoxy) is 1. The number of carbonyl (C=O) groups is 2. The van der Waals surface area contributed by atoms with E-state index < -0.39 is 12.1 Å². The van der Waals surface area contributed by atoms with Crippen LogP contribution in [0.15, 0.2) is 54.6 Å². The maximum absolute atomic E-state index is 12.6. The molecule has 0 bridgehead atoms. The van der Waals surface area contributed by atoms with Gasteiger partial charge in [-0.15, -0.1) is 0 Å². The Kier molecular flexibility index (Phi) is 6.08. The van der Waals surface area contributed by atoms with Crippen LogP contribution in [0.1, 0.15) is 22.8 Å². The normalized spacial score (nSPS) is 16.0. The van der Waals surface area contributed by atoms with Gasteiger partial charge >= 0.3 is 5.97 Å². The smallest absolute Gasteiger partial charge is 0.338 e. The number of piperazine rings is 1. The average Bonchev–Trinajstić information content (AvgIpc) is 2.69. The molecule has 0 aromatic heterocycles. The summed E-state index contributed by atoms with van der Waals surface area (Å²) in [5.74, 6) is -0.677. The molecule has 0 aliphatic carbocycles. The Labute approximate surface area is 159 Å². The van der Waals surface area contributed by atoms with Crippen LogP contribution in [0.25, 0.3) is 0 Å². The minimum Gasteiger partial charge on any atom is -0.508 e. The first kappa shape index (κ1) is 18.9. The van der Waals surface area contributed by atoms with E-state index in [0.29, 0.717) is 18.7 Å². The first-order valence-corrected chi connectivity index (χ1v) is 9.08. The van der Waals surface area contributed by atoms with Crippen LogP contribution in [-0.2, 0) is 16.1 Å². The predicted octanol–water partition coefficient (Wildman–Crippen LogP) is 2.28. The number of nitrogens with zero attached hydrogens (tertiary/aromatic N) is 2. The Bertz CT molecular complexity index is 769. The lowest BCUT2D eigenvalue weighted by molar-refractivity contribution is -0.141. The van der Waals surface area contributed by atoms with Gasteiger partial charge in [0.15, 0.2) is 6.10 Å². The van der Waals surface area contributed by atoms with Gasteiger partial charge in [-0.3, -0.25) is 9.69 Å². The molecule has 1 aliphatic rings. The second-order valence-corrected chi connectivity index (χ2v) is 6.68. The number of hydrogen-bond acceptors (Lipinski definition) is 5. The van der Waals surface area contributed by atoms with Gasteiger partial charge in [-0.2, -0.15) is 0 Å². The van der Waals surface area contributed by atoms with Crippen molar-refractivity contribution >= 4 is 11.9 Å². The third kappa shape index (κ3) is 5.08.